The van der Waals surface area contributed by atoms with Gasteiger partial charge in [0.1, 0.15) is 5.75 Å². The van der Waals surface area contributed by atoms with E-state index in [1.165, 1.54) is 11.3 Å². The molecule has 0 aliphatic rings. The zero-order valence-corrected chi connectivity index (χ0v) is 15.1. The van der Waals surface area contributed by atoms with E-state index in [1.807, 2.05) is 19.1 Å². The first-order valence-corrected chi connectivity index (χ1v) is 9.14. The van der Waals surface area contributed by atoms with E-state index >= 15 is 0 Å². The van der Waals surface area contributed by atoms with Gasteiger partial charge in [-0.1, -0.05) is 11.3 Å². The predicted molar refractivity (Wildman–Crippen MR) is 103 cm³/mol. The molecule has 2 N–H and O–H groups in total. The van der Waals surface area contributed by atoms with E-state index in [2.05, 4.69) is 20.6 Å². The number of aryl methyl sites for hydroxylation is 1. The molecule has 2 aromatic carbocycles. The number of methoxy groups -OCH3 is 1. The van der Waals surface area contributed by atoms with Gasteiger partial charge in [-0.3, -0.25) is 5.32 Å². The van der Waals surface area contributed by atoms with Crippen molar-refractivity contribution in [2.75, 3.05) is 17.7 Å². The molecule has 126 valence electrons. The molecule has 2 amide bonds. The Bertz CT molecular complexity index is 1070. The van der Waals surface area contributed by atoms with E-state index in [9.17, 15) is 4.79 Å². The Morgan fingerprint density at radius 1 is 0.960 bits per heavy atom. The van der Waals surface area contributed by atoms with Crippen molar-refractivity contribution in [1.29, 1.82) is 0 Å². The molecule has 0 bridgehead atoms. The van der Waals surface area contributed by atoms with Crippen molar-refractivity contribution < 1.29 is 9.53 Å². The largest absolute Gasteiger partial charge is 0.497 e. The monoisotopic (exact) mass is 370 g/mol. The molecule has 0 atom stereocenters. The van der Waals surface area contributed by atoms with Gasteiger partial charge in [-0.25, -0.2) is 14.8 Å². The number of rotatable bonds is 3. The number of fused-ring (bicyclic) bond motifs is 3. The molecule has 2 heterocycles. The lowest BCUT2D eigenvalue weighted by molar-refractivity contribution is 0.262. The quantitative estimate of drug-likeness (QED) is 0.539. The molecule has 0 aliphatic carbocycles. The van der Waals surface area contributed by atoms with Crippen LogP contribution in [0.5, 0.6) is 5.75 Å². The summed E-state index contributed by atoms with van der Waals surface area (Å²) in [5.41, 5.74) is 2.51. The van der Waals surface area contributed by atoms with Crippen LogP contribution < -0.4 is 15.4 Å². The van der Waals surface area contributed by atoms with E-state index in [0.717, 1.165) is 31.2 Å². The number of nitrogens with one attached hydrogen (secondary N) is 2. The summed E-state index contributed by atoms with van der Waals surface area (Å²) < 4.78 is 7.25. The number of ether oxygens (including phenoxy) is 1. The van der Waals surface area contributed by atoms with E-state index in [4.69, 9.17) is 4.74 Å². The third-order valence-corrected chi connectivity index (χ3v) is 5.72. The second kappa shape index (κ2) is 6.30. The van der Waals surface area contributed by atoms with E-state index < -0.39 is 0 Å². The Hall–Kier alpha value is -2.71. The number of hydrogen-bond acceptors (Lipinski definition) is 6. The van der Waals surface area contributed by atoms with Gasteiger partial charge in [-0.05, 0) is 43.3 Å². The number of urea groups is 1. The summed E-state index contributed by atoms with van der Waals surface area (Å²) in [5, 5.41) is 7.14. The molecule has 4 rings (SSSR count). The van der Waals surface area contributed by atoms with E-state index in [1.54, 1.807) is 42.7 Å². The lowest BCUT2D eigenvalue weighted by Gasteiger charge is -2.06. The summed E-state index contributed by atoms with van der Waals surface area (Å²) in [7, 11) is 1.60. The smallest absolute Gasteiger partial charge is 0.325 e. The fourth-order valence-electron chi connectivity index (χ4n) is 2.47. The molecule has 0 saturated heterocycles. The number of aromatic nitrogens is 2. The maximum Gasteiger partial charge on any atom is 0.325 e. The van der Waals surface area contributed by atoms with Gasteiger partial charge in [0.05, 0.1) is 32.6 Å². The Balaban J connectivity index is 1.55. The second-order valence-corrected chi connectivity index (χ2v) is 7.52. The highest BCUT2D eigenvalue weighted by molar-refractivity contribution is 7.28. The Morgan fingerprint density at radius 2 is 1.64 bits per heavy atom. The average Bonchev–Trinajstić information content (AvgIpc) is 3.17. The van der Waals surface area contributed by atoms with E-state index in [-0.39, 0.29) is 6.03 Å². The SMILES string of the molecule is COc1ccc(NC(=O)Nc2nc3ccc4nc(C)sc4c3s2)cc1. The van der Waals surface area contributed by atoms with Gasteiger partial charge in [0.15, 0.2) is 5.13 Å². The molecule has 0 aliphatic heterocycles. The zero-order valence-electron chi connectivity index (χ0n) is 13.5. The van der Waals surface area contributed by atoms with Crippen LogP contribution in [0.4, 0.5) is 15.6 Å². The van der Waals surface area contributed by atoms with Crippen molar-refractivity contribution in [2.45, 2.75) is 6.92 Å². The number of hydrogen-bond donors (Lipinski definition) is 2. The number of benzene rings is 2. The fourth-order valence-corrected chi connectivity index (χ4v) is 4.47. The molecule has 0 radical (unpaired) electrons. The third kappa shape index (κ3) is 3.13. The van der Waals surface area contributed by atoms with E-state index in [0.29, 0.717) is 10.8 Å². The maximum absolute atomic E-state index is 12.2. The van der Waals surface area contributed by atoms with Crippen molar-refractivity contribution in [1.82, 2.24) is 9.97 Å². The number of carbonyl (C=O) groups excluding carboxylic acids is 1. The van der Waals surface area contributed by atoms with Crippen molar-refractivity contribution in [3.8, 4) is 5.75 Å². The molecule has 0 fully saturated rings. The highest BCUT2D eigenvalue weighted by Crippen LogP contribution is 2.35. The van der Waals surface area contributed by atoms with Gasteiger partial charge in [0.25, 0.3) is 0 Å². The molecule has 2 aromatic heterocycles. The van der Waals surface area contributed by atoms with Crippen molar-refractivity contribution >= 4 is 60.0 Å². The second-order valence-electron chi connectivity index (χ2n) is 5.32. The highest BCUT2D eigenvalue weighted by atomic mass is 32.1. The molecular weight excluding hydrogens is 356 g/mol. The molecule has 6 nitrogen and oxygen atoms in total. The number of amides is 2. The first-order chi connectivity index (χ1) is 12.1. The van der Waals surface area contributed by atoms with Crippen LogP contribution in [-0.4, -0.2) is 23.1 Å². The number of nitrogens with zero attached hydrogens (tertiary/aromatic N) is 2. The first kappa shape index (κ1) is 15.8. The number of anilines is 2. The number of carbonyl (C=O) groups is 1. The van der Waals surface area contributed by atoms with Crippen LogP contribution in [0.25, 0.3) is 20.4 Å². The predicted octanol–water partition coefficient (Wildman–Crippen LogP) is 4.87. The summed E-state index contributed by atoms with van der Waals surface area (Å²) in [6.07, 6.45) is 0. The minimum atomic E-state index is -0.332. The summed E-state index contributed by atoms with van der Waals surface area (Å²) in [5.74, 6) is 0.737. The van der Waals surface area contributed by atoms with Crippen molar-refractivity contribution in [2.24, 2.45) is 0 Å². The Kier molecular flexibility index (Phi) is 3.98. The van der Waals surface area contributed by atoms with Crippen LogP contribution in [0.3, 0.4) is 0 Å². The van der Waals surface area contributed by atoms with Gasteiger partial charge in [-0.15, -0.1) is 11.3 Å². The molecular formula is C17H14N4O2S2. The molecule has 0 spiro atoms. The normalized spacial score (nSPS) is 11.0. The lowest BCUT2D eigenvalue weighted by atomic mass is 10.3. The Morgan fingerprint density at radius 3 is 2.36 bits per heavy atom. The molecule has 25 heavy (non-hydrogen) atoms. The molecule has 8 heteroatoms. The summed E-state index contributed by atoms with van der Waals surface area (Å²) in [6, 6.07) is 10.7. The molecule has 4 aromatic rings. The van der Waals surface area contributed by atoms with Crippen LogP contribution >= 0.6 is 22.7 Å². The summed E-state index contributed by atoms with van der Waals surface area (Å²) >= 11 is 3.09. The molecule has 0 unspecified atom stereocenters. The highest BCUT2D eigenvalue weighted by Gasteiger charge is 2.12. The van der Waals surface area contributed by atoms with Crippen LogP contribution in [0.1, 0.15) is 5.01 Å². The minimum Gasteiger partial charge on any atom is -0.497 e. The van der Waals surface area contributed by atoms with Gasteiger partial charge >= 0.3 is 6.03 Å². The minimum absolute atomic E-state index is 0.332. The molecule has 0 saturated carbocycles. The first-order valence-electron chi connectivity index (χ1n) is 7.51. The lowest BCUT2D eigenvalue weighted by Crippen LogP contribution is -2.19. The fraction of sp³-hybridized carbons (Fsp3) is 0.118. The van der Waals surface area contributed by atoms with Crippen LogP contribution in [0, 0.1) is 6.92 Å². The van der Waals surface area contributed by atoms with Crippen molar-refractivity contribution in [3.05, 3.63) is 41.4 Å². The maximum atomic E-state index is 12.2. The van der Waals surface area contributed by atoms with Gasteiger partial charge in [-0.2, -0.15) is 0 Å². The van der Waals surface area contributed by atoms with Crippen LogP contribution in [0.2, 0.25) is 0 Å². The Labute approximate surface area is 151 Å². The van der Waals surface area contributed by atoms with Gasteiger partial charge < -0.3 is 10.1 Å². The van der Waals surface area contributed by atoms with Gasteiger partial charge in [0.2, 0.25) is 0 Å². The van der Waals surface area contributed by atoms with Crippen LogP contribution in [0.15, 0.2) is 36.4 Å². The third-order valence-electron chi connectivity index (χ3n) is 3.59. The topological polar surface area (TPSA) is 76.1 Å². The zero-order chi connectivity index (χ0) is 17.4. The van der Waals surface area contributed by atoms with Gasteiger partial charge in [0, 0.05) is 5.69 Å². The standard InChI is InChI=1S/C17H14N4O2S2/c1-9-18-12-7-8-13-15(14(12)24-9)25-17(20-13)21-16(22)19-10-3-5-11(23-2)6-4-10/h3-8H,1-2H3,(H2,19,20,21,22). The number of thiazole rings is 2. The summed E-state index contributed by atoms with van der Waals surface area (Å²) in [6.45, 7) is 1.99. The van der Waals surface area contributed by atoms with Crippen molar-refractivity contribution in [3.63, 3.8) is 0 Å². The summed E-state index contributed by atoms with van der Waals surface area (Å²) in [4.78, 5) is 21.2. The average molecular weight is 370 g/mol. The van der Waals surface area contributed by atoms with Crippen LogP contribution in [-0.2, 0) is 0 Å².